The van der Waals surface area contributed by atoms with E-state index in [1.807, 2.05) is 16.9 Å². The minimum atomic E-state index is -3.97. The monoisotopic (exact) mass is 388 g/mol. The lowest BCUT2D eigenvalue weighted by atomic mass is 10.1. The van der Waals surface area contributed by atoms with E-state index in [9.17, 15) is 13.2 Å². The first-order chi connectivity index (χ1) is 12.9. The quantitative estimate of drug-likeness (QED) is 0.405. The number of carbonyl (C=O) groups is 1. The molecule has 7 nitrogen and oxygen atoms in total. The first-order valence-corrected chi connectivity index (χ1v) is 9.95. The third-order valence-corrected chi connectivity index (χ3v) is 5.61. The molecule has 8 heteroatoms. The van der Waals surface area contributed by atoms with Gasteiger partial charge in [0.1, 0.15) is 5.25 Å². The Kier molecular flexibility index (Phi) is 6.98. The second kappa shape index (κ2) is 9.20. The zero-order chi connectivity index (χ0) is 19.9. The fourth-order valence-corrected chi connectivity index (χ4v) is 3.75. The molecule has 0 aliphatic carbocycles. The van der Waals surface area contributed by atoms with E-state index in [1.54, 1.807) is 36.4 Å². The van der Waals surface area contributed by atoms with Crippen molar-refractivity contribution in [2.75, 3.05) is 12.3 Å². The van der Waals surface area contributed by atoms with Crippen LogP contribution < -0.4 is 21.5 Å². The van der Waals surface area contributed by atoms with Crippen molar-refractivity contribution in [3.05, 3.63) is 77.9 Å². The molecule has 2 aromatic carbocycles. The van der Waals surface area contributed by atoms with Gasteiger partial charge in [0.25, 0.3) is 0 Å². The lowest BCUT2D eigenvalue weighted by molar-refractivity contribution is 0.246. The van der Waals surface area contributed by atoms with Crippen LogP contribution in [-0.2, 0) is 23.0 Å². The van der Waals surface area contributed by atoms with Gasteiger partial charge in [-0.05, 0) is 35.2 Å². The van der Waals surface area contributed by atoms with Crippen LogP contribution in [0.15, 0.2) is 61.2 Å². The van der Waals surface area contributed by atoms with Gasteiger partial charge in [0.15, 0.2) is 0 Å². The third-order valence-electron chi connectivity index (χ3n) is 4.01. The minimum absolute atomic E-state index is 0.287. The van der Waals surface area contributed by atoms with E-state index in [0.717, 1.165) is 11.1 Å². The van der Waals surface area contributed by atoms with Gasteiger partial charge in [0.05, 0.1) is 0 Å². The standard InChI is InChI=1S/C19H24N4O3S/c1-2-18(16-7-3-15(13-20)4-8-16)27(25,26)23-19(24)22-12-11-14-5-9-17(21)10-6-14/h2-10,18H,1,11-13,20-21H2,(H2,22,23,24). The van der Waals surface area contributed by atoms with Gasteiger partial charge in [0, 0.05) is 18.8 Å². The summed E-state index contributed by atoms with van der Waals surface area (Å²) in [6, 6.07) is 13.3. The Morgan fingerprint density at radius 1 is 1.07 bits per heavy atom. The highest BCUT2D eigenvalue weighted by Crippen LogP contribution is 2.23. The molecule has 0 aliphatic rings. The number of carbonyl (C=O) groups excluding carboxylic acids is 1. The number of benzene rings is 2. The molecule has 0 spiro atoms. The maximum Gasteiger partial charge on any atom is 0.328 e. The molecule has 0 aromatic heterocycles. The van der Waals surface area contributed by atoms with Crippen molar-refractivity contribution in [1.29, 1.82) is 0 Å². The molecule has 6 N–H and O–H groups in total. The number of nitrogen functional groups attached to an aromatic ring is 1. The predicted octanol–water partition coefficient (Wildman–Crippen LogP) is 1.83. The molecule has 0 heterocycles. The van der Waals surface area contributed by atoms with E-state index in [0.29, 0.717) is 24.2 Å². The van der Waals surface area contributed by atoms with E-state index >= 15 is 0 Å². The lowest BCUT2D eigenvalue weighted by Crippen LogP contribution is -2.41. The normalized spacial score (nSPS) is 12.2. The van der Waals surface area contributed by atoms with Crippen LogP contribution in [0.4, 0.5) is 10.5 Å². The average Bonchev–Trinajstić information content (AvgIpc) is 2.64. The Labute approximate surface area is 159 Å². The summed E-state index contributed by atoms with van der Waals surface area (Å²) >= 11 is 0. The second-order valence-corrected chi connectivity index (χ2v) is 7.80. The van der Waals surface area contributed by atoms with Gasteiger partial charge < -0.3 is 16.8 Å². The molecule has 2 aromatic rings. The zero-order valence-electron chi connectivity index (χ0n) is 14.9. The highest BCUT2D eigenvalue weighted by Gasteiger charge is 2.26. The number of hydrogen-bond acceptors (Lipinski definition) is 5. The van der Waals surface area contributed by atoms with Crippen molar-refractivity contribution in [1.82, 2.24) is 10.0 Å². The van der Waals surface area contributed by atoms with Crippen LogP contribution in [-0.4, -0.2) is 21.0 Å². The van der Waals surface area contributed by atoms with Crippen molar-refractivity contribution < 1.29 is 13.2 Å². The van der Waals surface area contributed by atoms with Crippen LogP contribution in [0.25, 0.3) is 0 Å². The summed E-state index contributed by atoms with van der Waals surface area (Å²) in [5.74, 6) is 0. The molecule has 0 radical (unpaired) electrons. The number of rotatable bonds is 8. The number of amides is 2. The summed E-state index contributed by atoms with van der Waals surface area (Å²) in [7, 11) is -3.97. The van der Waals surface area contributed by atoms with Crippen molar-refractivity contribution in [3.8, 4) is 0 Å². The molecular weight excluding hydrogens is 364 g/mol. The van der Waals surface area contributed by atoms with Gasteiger partial charge in [-0.2, -0.15) is 0 Å². The van der Waals surface area contributed by atoms with Crippen LogP contribution in [0, 0.1) is 0 Å². The Morgan fingerprint density at radius 2 is 1.67 bits per heavy atom. The first-order valence-electron chi connectivity index (χ1n) is 8.41. The largest absolute Gasteiger partial charge is 0.399 e. The molecule has 0 saturated carbocycles. The van der Waals surface area contributed by atoms with E-state index < -0.39 is 21.3 Å². The van der Waals surface area contributed by atoms with Crippen LogP contribution in [0.2, 0.25) is 0 Å². The average molecular weight is 388 g/mol. The second-order valence-electron chi connectivity index (χ2n) is 6.00. The fraction of sp³-hybridized carbons (Fsp3) is 0.211. The van der Waals surface area contributed by atoms with Crippen molar-refractivity contribution in [2.45, 2.75) is 18.2 Å². The number of sulfonamides is 1. The van der Waals surface area contributed by atoms with Crippen LogP contribution in [0.3, 0.4) is 0 Å². The van der Waals surface area contributed by atoms with Crippen LogP contribution in [0.5, 0.6) is 0 Å². The molecule has 0 saturated heterocycles. The maximum absolute atomic E-state index is 12.5. The molecule has 27 heavy (non-hydrogen) atoms. The zero-order valence-corrected chi connectivity index (χ0v) is 15.7. The van der Waals surface area contributed by atoms with Crippen LogP contribution in [0.1, 0.15) is 21.9 Å². The van der Waals surface area contributed by atoms with E-state index in [2.05, 4.69) is 11.9 Å². The van der Waals surface area contributed by atoms with E-state index in [4.69, 9.17) is 11.5 Å². The van der Waals surface area contributed by atoms with Crippen molar-refractivity contribution in [2.24, 2.45) is 5.73 Å². The van der Waals surface area contributed by atoms with Gasteiger partial charge in [-0.15, -0.1) is 6.58 Å². The molecule has 0 aliphatic heterocycles. The van der Waals surface area contributed by atoms with E-state index in [1.165, 1.54) is 6.08 Å². The molecule has 0 bridgehead atoms. The summed E-state index contributed by atoms with van der Waals surface area (Å²) in [4.78, 5) is 12.0. The topological polar surface area (TPSA) is 127 Å². The number of hydrogen-bond donors (Lipinski definition) is 4. The maximum atomic E-state index is 12.5. The number of nitrogens with two attached hydrogens (primary N) is 2. The molecule has 144 valence electrons. The summed E-state index contributed by atoms with van der Waals surface area (Å²) in [5, 5.41) is 1.49. The number of nitrogens with one attached hydrogen (secondary N) is 2. The summed E-state index contributed by atoms with van der Waals surface area (Å²) in [6.07, 6.45) is 1.83. The van der Waals surface area contributed by atoms with Gasteiger partial charge >= 0.3 is 6.03 Å². The van der Waals surface area contributed by atoms with Gasteiger partial charge in [0.2, 0.25) is 10.0 Å². The Balaban J connectivity index is 1.94. The van der Waals surface area contributed by atoms with Gasteiger partial charge in [-0.3, -0.25) is 0 Å². The smallest absolute Gasteiger partial charge is 0.328 e. The van der Waals surface area contributed by atoms with Crippen LogP contribution >= 0.6 is 0 Å². The molecule has 2 rings (SSSR count). The Morgan fingerprint density at radius 3 is 2.22 bits per heavy atom. The predicted molar refractivity (Wildman–Crippen MR) is 107 cm³/mol. The molecular formula is C19H24N4O3S. The summed E-state index contributed by atoms with van der Waals surface area (Å²) in [5.41, 5.74) is 14.2. The molecule has 1 unspecified atom stereocenters. The number of anilines is 1. The van der Waals surface area contributed by atoms with Crippen molar-refractivity contribution in [3.63, 3.8) is 0 Å². The van der Waals surface area contributed by atoms with Gasteiger partial charge in [-0.25, -0.2) is 17.9 Å². The molecule has 2 amide bonds. The first kappa shape index (κ1) is 20.5. The van der Waals surface area contributed by atoms with Gasteiger partial charge in [-0.1, -0.05) is 42.5 Å². The highest BCUT2D eigenvalue weighted by molar-refractivity contribution is 7.90. The highest BCUT2D eigenvalue weighted by atomic mass is 32.2. The molecule has 1 atom stereocenters. The molecule has 0 fully saturated rings. The summed E-state index contributed by atoms with van der Waals surface area (Å²) < 4.78 is 27.1. The Bertz CT molecular complexity index is 878. The number of urea groups is 1. The fourth-order valence-electron chi connectivity index (χ4n) is 2.52. The summed E-state index contributed by atoms with van der Waals surface area (Å²) in [6.45, 7) is 4.23. The minimum Gasteiger partial charge on any atom is -0.399 e. The Hall–Kier alpha value is -2.84. The lowest BCUT2D eigenvalue weighted by Gasteiger charge is -2.16. The third kappa shape index (κ3) is 5.83. The van der Waals surface area contributed by atoms with E-state index in [-0.39, 0.29) is 6.54 Å². The SMILES string of the molecule is C=CC(c1ccc(CN)cc1)S(=O)(=O)NC(=O)NCCc1ccc(N)cc1. The van der Waals surface area contributed by atoms with Crippen molar-refractivity contribution >= 4 is 21.7 Å².